The molecule has 0 aliphatic heterocycles. The molecule has 1 heterocycles. The molecule has 0 saturated heterocycles. The predicted octanol–water partition coefficient (Wildman–Crippen LogP) is 5.19. The molecule has 16 heavy (non-hydrogen) atoms. The first-order valence-electron chi connectivity index (χ1n) is 5.26. The molecular weight excluding hydrogens is 330 g/mol. The second-order valence-electron chi connectivity index (χ2n) is 4.26. The minimum atomic E-state index is 0.538. The third kappa shape index (κ3) is 2.03. The molecule has 2 rings (SSSR count). The van der Waals surface area contributed by atoms with Crippen LogP contribution < -0.4 is 0 Å². The number of aryl methyl sites for hydroxylation is 1. The zero-order valence-corrected chi connectivity index (χ0v) is 12.7. The SMILES string of the molecule is Cc1nc(Br)c2cc(C(C)C)ccc2c1Br. The number of halogens is 2. The molecule has 0 aliphatic carbocycles. The van der Waals surface area contributed by atoms with Crippen molar-refractivity contribution in [3.63, 3.8) is 0 Å². The highest BCUT2D eigenvalue weighted by Crippen LogP contribution is 2.32. The second kappa shape index (κ2) is 4.46. The molecule has 0 aliphatic rings. The Hall–Kier alpha value is -0.410. The molecule has 0 unspecified atom stereocenters. The summed E-state index contributed by atoms with van der Waals surface area (Å²) in [4.78, 5) is 4.47. The first-order valence-corrected chi connectivity index (χ1v) is 6.84. The van der Waals surface area contributed by atoms with Gasteiger partial charge in [0, 0.05) is 15.2 Å². The lowest BCUT2D eigenvalue weighted by Crippen LogP contribution is -1.91. The largest absolute Gasteiger partial charge is 0.244 e. The lowest BCUT2D eigenvalue weighted by Gasteiger charge is -2.10. The van der Waals surface area contributed by atoms with Crippen LogP contribution in [0.5, 0.6) is 0 Å². The summed E-state index contributed by atoms with van der Waals surface area (Å²) in [5, 5.41) is 2.38. The lowest BCUT2D eigenvalue weighted by molar-refractivity contribution is 0.868. The summed E-state index contributed by atoms with van der Waals surface area (Å²) in [5.41, 5.74) is 2.35. The summed E-state index contributed by atoms with van der Waals surface area (Å²) in [6.45, 7) is 6.40. The van der Waals surface area contributed by atoms with Crippen LogP contribution in [0.3, 0.4) is 0 Å². The summed E-state index contributed by atoms with van der Waals surface area (Å²) in [6.07, 6.45) is 0. The third-order valence-corrected chi connectivity index (χ3v) is 4.36. The van der Waals surface area contributed by atoms with E-state index in [1.54, 1.807) is 0 Å². The van der Waals surface area contributed by atoms with Crippen molar-refractivity contribution < 1.29 is 0 Å². The van der Waals surface area contributed by atoms with Crippen molar-refractivity contribution in [1.29, 1.82) is 0 Å². The smallest absolute Gasteiger partial charge is 0.114 e. The van der Waals surface area contributed by atoms with Crippen LogP contribution in [-0.2, 0) is 0 Å². The molecule has 1 nitrogen and oxygen atoms in total. The van der Waals surface area contributed by atoms with Gasteiger partial charge in [0.15, 0.2) is 0 Å². The molecule has 84 valence electrons. The number of rotatable bonds is 1. The topological polar surface area (TPSA) is 12.9 Å². The summed E-state index contributed by atoms with van der Waals surface area (Å²) >= 11 is 7.13. The summed E-state index contributed by atoms with van der Waals surface area (Å²) in [5.74, 6) is 0.538. The monoisotopic (exact) mass is 341 g/mol. The van der Waals surface area contributed by atoms with Gasteiger partial charge in [0.2, 0.25) is 0 Å². The molecule has 0 spiro atoms. The van der Waals surface area contributed by atoms with Crippen LogP contribution in [0.15, 0.2) is 27.3 Å². The van der Waals surface area contributed by atoms with Crippen molar-refractivity contribution in [3.8, 4) is 0 Å². The van der Waals surface area contributed by atoms with E-state index in [2.05, 4.69) is 68.9 Å². The van der Waals surface area contributed by atoms with Gasteiger partial charge < -0.3 is 0 Å². The first-order chi connectivity index (χ1) is 7.50. The van der Waals surface area contributed by atoms with Gasteiger partial charge >= 0.3 is 0 Å². The first kappa shape index (κ1) is 12.1. The Kier molecular flexibility index (Phi) is 3.36. The molecule has 0 amide bonds. The second-order valence-corrected chi connectivity index (χ2v) is 5.81. The van der Waals surface area contributed by atoms with E-state index in [-0.39, 0.29) is 0 Å². The molecule has 0 bridgehead atoms. The van der Waals surface area contributed by atoms with Gasteiger partial charge in [-0.25, -0.2) is 4.98 Å². The minimum Gasteiger partial charge on any atom is -0.244 e. The van der Waals surface area contributed by atoms with E-state index in [0.717, 1.165) is 14.8 Å². The quantitative estimate of drug-likeness (QED) is 0.650. The highest BCUT2D eigenvalue weighted by Gasteiger charge is 2.09. The Balaban J connectivity index is 2.79. The molecule has 1 aromatic carbocycles. The van der Waals surface area contributed by atoms with Gasteiger partial charge in [0.25, 0.3) is 0 Å². The van der Waals surface area contributed by atoms with E-state index in [0.29, 0.717) is 5.92 Å². The molecule has 1 aromatic heterocycles. The van der Waals surface area contributed by atoms with Crippen LogP contribution in [0.1, 0.15) is 31.0 Å². The average Bonchev–Trinajstić information content (AvgIpc) is 2.25. The van der Waals surface area contributed by atoms with Crippen molar-refractivity contribution in [3.05, 3.63) is 38.5 Å². The third-order valence-electron chi connectivity index (χ3n) is 2.75. The summed E-state index contributed by atoms with van der Waals surface area (Å²) in [7, 11) is 0. The fraction of sp³-hybridized carbons (Fsp3) is 0.308. The number of nitrogens with zero attached hydrogens (tertiary/aromatic N) is 1. The van der Waals surface area contributed by atoms with Gasteiger partial charge in [-0.05, 0) is 56.3 Å². The maximum Gasteiger partial charge on any atom is 0.114 e. The van der Waals surface area contributed by atoms with Crippen LogP contribution in [0.4, 0.5) is 0 Å². The van der Waals surface area contributed by atoms with Gasteiger partial charge in [0.05, 0.1) is 5.69 Å². The lowest BCUT2D eigenvalue weighted by atomic mass is 10.00. The van der Waals surface area contributed by atoms with Crippen LogP contribution in [0, 0.1) is 6.92 Å². The van der Waals surface area contributed by atoms with Crippen molar-refractivity contribution >= 4 is 42.6 Å². The molecule has 0 radical (unpaired) electrons. The van der Waals surface area contributed by atoms with Crippen molar-refractivity contribution in [1.82, 2.24) is 4.98 Å². The predicted molar refractivity (Wildman–Crippen MR) is 76.0 cm³/mol. The van der Waals surface area contributed by atoms with Gasteiger partial charge in [-0.15, -0.1) is 0 Å². The van der Waals surface area contributed by atoms with Crippen molar-refractivity contribution in [2.75, 3.05) is 0 Å². The van der Waals surface area contributed by atoms with Gasteiger partial charge in [-0.3, -0.25) is 0 Å². The van der Waals surface area contributed by atoms with E-state index in [9.17, 15) is 0 Å². The normalized spacial score (nSPS) is 11.4. The van der Waals surface area contributed by atoms with E-state index in [4.69, 9.17) is 0 Å². The number of aromatic nitrogens is 1. The summed E-state index contributed by atoms with van der Waals surface area (Å²) < 4.78 is 2.01. The Labute approximate surface area is 113 Å². The maximum absolute atomic E-state index is 4.47. The zero-order valence-electron chi connectivity index (χ0n) is 9.51. The van der Waals surface area contributed by atoms with Gasteiger partial charge in [-0.1, -0.05) is 26.0 Å². The molecule has 0 atom stereocenters. The van der Waals surface area contributed by atoms with Crippen LogP contribution in [0.25, 0.3) is 10.8 Å². The van der Waals surface area contributed by atoms with Crippen molar-refractivity contribution in [2.45, 2.75) is 26.7 Å². The van der Waals surface area contributed by atoms with Crippen LogP contribution in [-0.4, -0.2) is 4.98 Å². The molecule has 0 fully saturated rings. The van der Waals surface area contributed by atoms with E-state index < -0.39 is 0 Å². The summed E-state index contributed by atoms with van der Waals surface area (Å²) in [6, 6.07) is 6.55. The Bertz CT molecular complexity index is 547. The van der Waals surface area contributed by atoms with Gasteiger partial charge in [0.1, 0.15) is 4.60 Å². The zero-order chi connectivity index (χ0) is 11.9. The molecule has 0 N–H and O–H groups in total. The average molecular weight is 343 g/mol. The van der Waals surface area contributed by atoms with Crippen LogP contribution in [0.2, 0.25) is 0 Å². The molecule has 3 heteroatoms. The maximum atomic E-state index is 4.47. The number of hydrogen-bond acceptors (Lipinski definition) is 1. The molecule has 0 saturated carbocycles. The Morgan fingerprint density at radius 1 is 1.12 bits per heavy atom. The van der Waals surface area contributed by atoms with Crippen LogP contribution >= 0.6 is 31.9 Å². The fourth-order valence-corrected chi connectivity index (χ4v) is 2.76. The molecular formula is C13H13Br2N. The number of benzene rings is 1. The molecule has 2 aromatic rings. The Morgan fingerprint density at radius 3 is 2.44 bits per heavy atom. The Morgan fingerprint density at radius 2 is 1.81 bits per heavy atom. The van der Waals surface area contributed by atoms with Crippen molar-refractivity contribution in [2.24, 2.45) is 0 Å². The highest BCUT2D eigenvalue weighted by atomic mass is 79.9. The van der Waals surface area contributed by atoms with Gasteiger partial charge in [-0.2, -0.15) is 0 Å². The number of pyridine rings is 1. The van der Waals surface area contributed by atoms with E-state index >= 15 is 0 Å². The van der Waals surface area contributed by atoms with E-state index in [1.807, 2.05) is 6.92 Å². The minimum absolute atomic E-state index is 0.538. The highest BCUT2D eigenvalue weighted by molar-refractivity contribution is 9.11. The van der Waals surface area contributed by atoms with E-state index in [1.165, 1.54) is 16.3 Å². The standard InChI is InChI=1S/C13H13Br2N/c1-7(2)9-4-5-10-11(6-9)13(15)16-8(3)12(10)14/h4-7H,1-3H3. The fourth-order valence-electron chi connectivity index (χ4n) is 1.73. The number of hydrogen-bond donors (Lipinski definition) is 0. The number of fused-ring (bicyclic) bond motifs is 1.